The van der Waals surface area contributed by atoms with Crippen LogP contribution in [0.15, 0.2) is 60.2 Å². The molecule has 1 amide bonds. The lowest BCUT2D eigenvalue weighted by Crippen LogP contribution is -2.43. The first-order valence-corrected chi connectivity index (χ1v) is 10.8. The van der Waals surface area contributed by atoms with Crippen LogP contribution in [0.25, 0.3) is 0 Å². The second kappa shape index (κ2) is 7.05. The maximum atomic E-state index is 13.1. The molecular weight excluding hydrogens is 358 g/mol. The quantitative estimate of drug-likeness (QED) is 0.731. The number of methoxy groups -OCH3 is 1. The van der Waals surface area contributed by atoms with E-state index < -0.39 is 0 Å². The summed E-state index contributed by atoms with van der Waals surface area (Å²) < 4.78 is 5.44. The van der Waals surface area contributed by atoms with Gasteiger partial charge in [0.25, 0.3) is 5.91 Å². The highest BCUT2D eigenvalue weighted by Gasteiger charge is 2.53. The molecule has 150 valence electrons. The number of carbonyl (C=O) groups excluding carboxylic acids is 1. The highest BCUT2D eigenvalue weighted by Crippen LogP contribution is 2.61. The van der Waals surface area contributed by atoms with Crippen LogP contribution in [0, 0.1) is 17.3 Å². The van der Waals surface area contributed by atoms with Crippen molar-refractivity contribution in [3.05, 3.63) is 71.3 Å². The lowest BCUT2D eigenvalue weighted by atomic mass is 9.54. The van der Waals surface area contributed by atoms with Gasteiger partial charge in [-0.15, -0.1) is 0 Å². The third-order valence-electron chi connectivity index (χ3n) is 7.79. The van der Waals surface area contributed by atoms with Gasteiger partial charge in [0.2, 0.25) is 0 Å². The number of aryl methyl sites for hydroxylation is 1. The average Bonchev–Trinajstić information content (AvgIpc) is 3.11. The van der Waals surface area contributed by atoms with Crippen LogP contribution in [0.5, 0.6) is 5.75 Å². The molecule has 0 bridgehead atoms. The van der Waals surface area contributed by atoms with Gasteiger partial charge in [0.1, 0.15) is 5.75 Å². The Morgan fingerprint density at radius 2 is 1.97 bits per heavy atom. The van der Waals surface area contributed by atoms with Crippen LogP contribution in [-0.4, -0.2) is 13.0 Å². The molecule has 0 radical (unpaired) electrons. The molecule has 0 heterocycles. The summed E-state index contributed by atoms with van der Waals surface area (Å²) in [6, 6.07) is 16.4. The van der Waals surface area contributed by atoms with Crippen LogP contribution in [0.1, 0.15) is 49.7 Å². The van der Waals surface area contributed by atoms with Crippen LogP contribution in [-0.2, 0) is 11.2 Å². The summed E-state index contributed by atoms with van der Waals surface area (Å²) >= 11 is 0. The second-order valence-corrected chi connectivity index (χ2v) is 9.11. The van der Waals surface area contributed by atoms with Gasteiger partial charge in [-0.25, -0.2) is 0 Å². The minimum atomic E-state index is -0.00992. The zero-order chi connectivity index (χ0) is 20.0. The van der Waals surface area contributed by atoms with Gasteiger partial charge in [0.05, 0.1) is 7.11 Å². The van der Waals surface area contributed by atoms with Crippen molar-refractivity contribution in [1.29, 1.82) is 0 Å². The molecular formula is C26H29NO2. The van der Waals surface area contributed by atoms with Crippen molar-refractivity contribution in [3.63, 3.8) is 0 Å². The Bertz CT molecular complexity index is 964. The van der Waals surface area contributed by atoms with E-state index in [2.05, 4.69) is 36.5 Å². The van der Waals surface area contributed by atoms with Gasteiger partial charge < -0.3 is 10.1 Å². The molecule has 0 aliphatic heterocycles. The second-order valence-electron chi connectivity index (χ2n) is 9.11. The standard InChI is InChI=1S/C26H29NO2/c1-26-15-14-21-20-11-9-19(29-2)16-17(20)8-10-22(21)23(26)12-13-24(26)25(28)27-18-6-4-3-5-7-18/h3-7,9,11,13,16,21-23H,8,10,12,14-15H2,1-2H3,(H,27,28)/t21-,22-,23+,26-/m1/s1. The number of amides is 1. The lowest BCUT2D eigenvalue weighted by molar-refractivity contribution is -0.114. The molecule has 4 atom stereocenters. The number of hydrogen-bond donors (Lipinski definition) is 1. The molecule has 1 fully saturated rings. The molecule has 0 saturated heterocycles. The number of allylic oxidation sites excluding steroid dienone is 1. The highest BCUT2D eigenvalue weighted by atomic mass is 16.5. The van der Waals surface area contributed by atoms with E-state index in [-0.39, 0.29) is 11.3 Å². The van der Waals surface area contributed by atoms with Crippen molar-refractivity contribution in [1.82, 2.24) is 0 Å². The zero-order valence-electron chi connectivity index (χ0n) is 17.3. The molecule has 29 heavy (non-hydrogen) atoms. The number of ether oxygens (including phenoxy) is 1. The first kappa shape index (κ1) is 18.5. The number of benzene rings is 2. The smallest absolute Gasteiger partial charge is 0.251 e. The molecule has 2 aromatic rings. The summed E-state index contributed by atoms with van der Waals surface area (Å²) in [6.07, 6.45) is 7.83. The van der Waals surface area contributed by atoms with E-state index in [9.17, 15) is 4.79 Å². The third-order valence-corrected chi connectivity index (χ3v) is 7.79. The van der Waals surface area contributed by atoms with E-state index in [0.29, 0.717) is 17.8 Å². The third kappa shape index (κ3) is 2.99. The summed E-state index contributed by atoms with van der Waals surface area (Å²) in [5.74, 6) is 2.89. The van der Waals surface area contributed by atoms with Gasteiger partial charge in [-0.2, -0.15) is 0 Å². The zero-order valence-corrected chi connectivity index (χ0v) is 17.3. The Morgan fingerprint density at radius 1 is 1.14 bits per heavy atom. The van der Waals surface area contributed by atoms with Gasteiger partial charge in [0.15, 0.2) is 0 Å². The molecule has 3 aliphatic rings. The van der Waals surface area contributed by atoms with Crippen molar-refractivity contribution < 1.29 is 9.53 Å². The molecule has 3 nitrogen and oxygen atoms in total. The molecule has 3 heteroatoms. The van der Waals surface area contributed by atoms with E-state index >= 15 is 0 Å². The molecule has 3 aliphatic carbocycles. The Hall–Kier alpha value is -2.55. The monoisotopic (exact) mass is 387 g/mol. The van der Waals surface area contributed by atoms with Crippen LogP contribution in [0.2, 0.25) is 0 Å². The number of nitrogens with one attached hydrogen (secondary N) is 1. The molecule has 5 rings (SSSR count). The predicted molar refractivity (Wildman–Crippen MR) is 116 cm³/mol. The van der Waals surface area contributed by atoms with E-state index in [1.807, 2.05) is 30.3 Å². The minimum absolute atomic E-state index is 0.00992. The van der Waals surface area contributed by atoms with Gasteiger partial charge in [-0.1, -0.05) is 37.3 Å². The minimum Gasteiger partial charge on any atom is -0.497 e. The van der Waals surface area contributed by atoms with Gasteiger partial charge >= 0.3 is 0 Å². The number of rotatable bonds is 3. The van der Waals surface area contributed by atoms with Gasteiger partial charge in [0, 0.05) is 16.7 Å². The first-order valence-electron chi connectivity index (χ1n) is 10.8. The number of para-hydroxylation sites is 1. The maximum Gasteiger partial charge on any atom is 0.251 e. The van der Waals surface area contributed by atoms with E-state index in [0.717, 1.165) is 42.7 Å². The molecule has 0 aromatic heterocycles. The summed E-state index contributed by atoms with van der Waals surface area (Å²) in [7, 11) is 1.74. The van der Waals surface area contributed by atoms with Crippen LogP contribution >= 0.6 is 0 Å². The molecule has 1 N–H and O–H groups in total. The molecule has 0 unspecified atom stereocenters. The van der Waals surface area contributed by atoms with Crippen molar-refractivity contribution >= 4 is 11.6 Å². The number of carbonyl (C=O) groups is 1. The largest absolute Gasteiger partial charge is 0.497 e. The Morgan fingerprint density at radius 3 is 2.76 bits per heavy atom. The van der Waals surface area contributed by atoms with Crippen molar-refractivity contribution in [2.75, 3.05) is 12.4 Å². The first-order chi connectivity index (χ1) is 14.1. The Balaban J connectivity index is 1.38. The van der Waals surface area contributed by atoms with Crippen LogP contribution in [0.4, 0.5) is 5.69 Å². The fourth-order valence-corrected chi connectivity index (χ4v) is 6.32. The van der Waals surface area contributed by atoms with E-state index in [1.54, 1.807) is 7.11 Å². The van der Waals surface area contributed by atoms with Crippen molar-refractivity contribution in [2.24, 2.45) is 17.3 Å². The number of hydrogen-bond acceptors (Lipinski definition) is 2. The van der Waals surface area contributed by atoms with Crippen LogP contribution < -0.4 is 10.1 Å². The highest BCUT2D eigenvalue weighted by molar-refractivity contribution is 6.05. The summed E-state index contributed by atoms with van der Waals surface area (Å²) in [5, 5.41) is 3.12. The fourth-order valence-electron chi connectivity index (χ4n) is 6.32. The molecule has 1 saturated carbocycles. The van der Waals surface area contributed by atoms with Crippen molar-refractivity contribution in [3.8, 4) is 5.75 Å². The topological polar surface area (TPSA) is 38.3 Å². The summed E-state index contributed by atoms with van der Waals surface area (Å²) in [4.78, 5) is 13.1. The van der Waals surface area contributed by atoms with E-state index in [1.165, 1.54) is 17.5 Å². The lowest BCUT2D eigenvalue weighted by Gasteiger charge is -2.50. The van der Waals surface area contributed by atoms with Gasteiger partial charge in [-0.05, 0) is 85.3 Å². The molecule has 2 aromatic carbocycles. The SMILES string of the molecule is COc1ccc2c(c1)CC[C@@H]1[C@@H]2CC[C@@]2(C)C(C(=O)Nc3ccccc3)=CC[C@@H]12. The number of anilines is 1. The van der Waals surface area contributed by atoms with Gasteiger partial charge in [-0.3, -0.25) is 4.79 Å². The number of fused-ring (bicyclic) bond motifs is 5. The van der Waals surface area contributed by atoms with Crippen molar-refractivity contribution in [2.45, 2.75) is 44.9 Å². The maximum absolute atomic E-state index is 13.1. The van der Waals surface area contributed by atoms with Crippen LogP contribution in [0.3, 0.4) is 0 Å². The Kier molecular flexibility index (Phi) is 4.49. The normalized spacial score (nSPS) is 29.9. The molecule has 0 spiro atoms. The summed E-state index contributed by atoms with van der Waals surface area (Å²) in [6.45, 7) is 2.33. The van der Waals surface area contributed by atoms with E-state index in [4.69, 9.17) is 4.74 Å². The fraction of sp³-hybridized carbons (Fsp3) is 0.423. The summed E-state index contributed by atoms with van der Waals surface area (Å²) in [5.41, 5.74) is 4.85. The Labute approximate surface area is 173 Å². The predicted octanol–water partition coefficient (Wildman–Crippen LogP) is 5.73. The average molecular weight is 388 g/mol.